The van der Waals surface area contributed by atoms with Crippen LogP contribution in [-0.4, -0.2) is 33.7 Å². The summed E-state index contributed by atoms with van der Waals surface area (Å²) in [7, 11) is 1.50. The Labute approximate surface area is 92.7 Å². The van der Waals surface area contributed by atoms with Crippen molar-refractivity contribution in [3.8, 4) is 5.88 Å². The van der Waals surface area contributed by atoms with Crippen molar-refractivity contribution >= 4 is 11.8 Å². The zero-order valence-corrected chi connectivity index (χ0v) is 8.93. The van der Waals surface area contributed by atoms with Crippen LogP contribution in [0, 0.1) is 0 Å². The first kappa shape index (κ1) is 10.7. The van der Waals surface area contributed by atoms with E-state index in [2.05, 4.69) is 15.3 Å². The number of carboxylic acids is 1. The summed E-state index contributed by atoms with van der Waals surface area (Å²) in [6, 6.07) is 1.59. The molecule has 86 valence electrons. The van der Waals surface area contributed by atoms with Crippen molar-refractivity contribution in [3.05, 3.63) is 12.4 Å². The van der Waals surface area contributed by atoms with E-state index in [0.717, 1.165) is 6.42 Å². The Balaban J connectivity index is 2.16. The van der Waals surface area contributed by atoms with Gasteiger partial charge in [0.15, 0.2) is 0 Å². The lowest BCUT2D eigenvalue weighted by molar-refractivity contribution is -0.145. The number of carboxylic acid groups (broad SMARTS) is 1. The van der Waals surface area contributed by atoms with Crippen LogP contribution >= 0.6 is 0 Å². The Morgan fingerprint density at radius 3 is 2.81 bits per heavy atom. The van der Waals surface area contributed by atoms with Crippen LogP contribution in [0.3, 0.4) is 0 Å². The smallest absolute Gasteiger partial charge is 0.329 e. The van der Waals surface area contributed by atoms with Gasteiger partial charge in [0.1, 0.15) is 17.7 Å². The fourth-order valence-corrected chi connectivity index (χ4v) is 1.69. The van der Waals surface area contributed by atoms with E-state index in [0.29, 0.717) is 24.5 Å². The third-order valence-electron chi connectivity index (χ3n) is 2.83. The molecule has 6 heteroatoms. The Bertz CT molecular complexity index is 404. The normalized spacial score (nSPS) is 17.3. The van der Waals surface area contributed by atoms with Gasteiger partial charge in [-0.05, 0) is 19.3 Å². The van der Waals surface area contributed by atoms with E-state index in [1.807, 2.05) is 0 Å². The summed E-state index contributed by atoms with van der Waals surface area (Å²) in [4.78, 5) is 19.0. The predicted molar refractivity (Wildman–Crippen MR) is 56.4 cm³/mol. The predicted octanol–water partition coefficient (Wildman–Crippen LogP) is 0.904. The number of methoxy groups -OCH3 is 1. The molecule has 2 rings (SSSR count). The number of aromatic nitrogens is 2. The van der Waals surface area contributed by atoms with E-state index in [9.17, 15) is 4.79 Å². The van der Waals surface area contributed by atoms with Crippen molar-refractivity contribution in [2.45, 2.75) is 24.8 Å². The van der Waals surface area contributed by atoms with Gasteiger partial charge < -0.3 is 15.2 Å². The van der Waals surface area contributed by atoms with Crippen molar-refractivity contribution in [2.75, 3.05) is 12.4 Å². The SMILES string of the molecule is COc1cc(NC2(C(=O)O)CCC2)ncn1. The highest BCUT2D eigenvalue weighted by molar-refractivity contribution is 5.83. The monoisotopic (exact) mass is 223 g/mol. The van der Waals surface area contributed by atoms with Gasteiger partial charge in [-0.25, -0.2) is 14.8 Å². The van der Waals surface area contributed by atoms with Crippen LogP contribution < -0.4 is 10.1 Å². The van der Waals surface area contributed by atoms with Gasteiger partial charge in [-0.2, -0.15) is 0 Å². The standard InChI is InChI=1S/C10H13N3O3/c1-16-8-5-7(11-6-12-8)13-10(9(14)15)3-2-4-10/h5-6H,2-4H2,1H3,(H,14,15)(H,11,12,13). The van der Waals surface area contributed by atoms with Gasteiger partial charge in [0, 0.05) is 6.07 Å². The molecule has 0 spiro atoms. The van der Waals surface area contributed by atoms with Crippen molar-refractivity contribution in [2.24, 2.45) is 0 Å². The molecule has 0 radical (unpaired) electrons. The molecule has 0 aliphatic heterocycles. The first-order valence-electron chi connectivity index (χ1n) is 5.04. The fourth-order valence-electron chi connectivity index (χ4n) is 1.69. The molecule has 1 saturated carbocycles. The highest BCUT2D eigenvalue weighted by atomic mass is 16.5. The van der Waals surface area contributed by atoms with E-state index in [1.165, 1.54) is 13.4 Å². The highest BCUT2D eigenvalue weighted by Gasteiger charge is 2.44. The second-order valence-corrected chi connectivity index (χ2v) is 3.81. The van der Waals surface area contributed by atoms with Gasteiger partial charge >= 0.3 is 5.97 Å². The molecular weight excluding hydrogens is 210 g/mol. The maximum Gasteiger partial charge on any atom is 0.329 e. The summed E-state index contributed by atoms with van der Waals surface area (Å²) >= 11 is 0. The molecule has 2 N–H and O–H groups in total. The van der Waals surface area contributed by atoms with Crippen LogP contribution in [-0.2, 0) is 4.79 Å². The van der Waals surface area contributed by atoms with Crippen molar-refractivity contribution < 1.29 is 14.6 Å². The summed E-state index contributed by atoms with van der Waals surface area (Å²) in [5, 5.41) is 12.1. The molecule has 0 amide bonds. The molecule has 1 aromatic heterocycles. The van der Waals surface area contributed by atoms with Crippen LogP contribution in [0.15, 0.2) is 12.4 Å². The number of hydrogen-bond acceptors (Lipinski definition) is 5. The summed E-state index contributed by atoms with van der Waals surface area (Å²) in [6.45, 7) is 0. The summed E-state index contributed by atoms with van der Waals surface area (Å²) in [5.41, 5.74) is -0.862. The minimum Gasteiger partial charge on any atom is -0.481 e. The van der Waals surface area contributed by atoms with E-state index in [-0.39, 0.29) is 0 Å². The lowest BCUT2D eigenvalue weighted by atomic mass is 9.77. The summed E-state index contributed by atoms with van der Waals surface area (Å²) in [5.74, 6) is 0.0580. The molecule has 1 fully saturated rings. The topological polar surface area (TPSA) is 84.3 Å². The molecule has 1 aromatic rings. The maximum atomic E-state index is 11.1. The second kappa shape index (κ2) is 3.96. The third kappa shape index (κ3) is 1.78. The molecule has 0 unspecified atom stereocenters. The number of ether oxygens (including phenoxy) is 1. The van der Waals surface area contributed by atoms with Gasteiger partial charge in [-0.1, -0.05) is 0 Å². The first-order chi connectivity index (χ1) is 7.66. The average Bonchev–Trinajstić information content (AvgIpc) is 2.23. The van der Waals surface area contributed by atoms with Gasteiger partial charge in [0.05, 0.1) is 7.11 Å². The van der Waals surface area contributed by atoms with E-state index in [4.69, 9.17) is 9.84 Å². The number of rotatable bonds is 4. The van der Waals surface area contributed by atoms with Crippen LogP contribution in [0.4, 0.5) is 5.82 Å². The Kier molecular flexibility index (Phi) is 2.64. The number of carbonyl (C=O) groups is 1. The van der Waals surface area contributed by atoms with Gasteiger partial charge in [-0.3, -0.25) is 0 Å². The number of aliphatic carboxylic acids is 1. The molecular formula is C10H13N3O3. The molecule has 0 atom stereocenters. The molecule has 1 heterocycles. The van der Waals surface area contributed by atoms with Gasteiger partial charge in [0.25, 0.3) is 0 Å². The molecule has 16 heavy (non-hydrogen) atoms. The summed E-state index contributed by atoms with van der Waals surface area (Å²) in [6.07, 6.45) is 3.50. The quantitative estimate of drug-likeness (QED) is 0.789. The molecule has 6 nitrogen and oxygen atoms in total. The highest BCUT2D eigenvalue weighted by Crippen LogP contribution is 2.35. The Morgan fingerprint density at radius 2 is 2.31 bits per heavy atom. The van der Waals surface area contributed by atoms with Crippen LogP contribution in [0.1, 0.15) is 19.3 Å². The minimum atomic E-state index is -0.862. The summed E-state index contributed by atoms with van der Waals surface area (Å²) < 4.78 is 4.94. The van der Waals surface area contributed by atoms with Crippen LogP contribution in [0.2, 0.25) is 0 Å². The molecule has 1 aliphatic rings. The zero-order valence-electron chi connectivity index (χ0n) is 8.93. The second-order valence-electron chi connectivity index (χ2n) is 3.81. The molecule has 0 saturated heterocycles. The van der Waals surface area contributed by atoms with Crippen molar-refractivity contribution in [1.29, 1.82) is 0 Å². The number of nitrogens with one attached hydrogen (secondary N) is 1. The first-order valence-corrected chi connectivity index (χ1v) is 5.04. The molecule has 0 bridgehead atoms. The van der Waals surface area contributed by atoms with E-state index in [1.54, 1.807) is 6.07 Å². The zero-order chi connectivity index (χ0) is 11.6. The van der Waals surface area contributed by atoms with Gasteiger partial charge in [0.2, 0.25) is 5.88 Å². The number of anilines is 1. The molecule has 1 aliphatic carbocycles. The van der Waals surface area contributed by atoms with Crippen molar-refractivity contribution in [1.82, 2.24) is 9.97 Å². The Hall–Kier alpha value is -1.85. The van der Waals surface area contributed by atoms with E-state index >= 15 is 0 Å². The Morgan fingerprint density at radius 1 is 1.56 bits per heavy atom. The fraction of sp³-hybridized carbons (Fsp3) is 0.500. The largest absolute Gasteiger partial charge is 0.481 e. The lowest BCUT2D eigenvalue weighted by Gasteiger charge is -2.38. The van der Waals surface area contributed by atoms with Crippen LogP contribution in [0.5, 0.6) is 5.88 Å². The van der Waals surface area contributed by atoms with Gasteiger partial charge in [-0.15, -0.1) is 0 Å². The minimum absolute atomic E-state index is 0.414. The van der Waals surface area contributed by atoms with Crippen LogP contribution in [0.25, 0.3) is 0 Å². The maximum absolute atomic E-state index is 11.1. The third-order valence-corrected chi connectivity index (χ3v) is 2.83. The van der Waals surface area contributed by atoms with E-state index < -0.39 is 11.5 Å². The number of nitrogens with zero attached hydrogens (tertiary/aromatic N) is 2. The number of hydrogen-bond donors (Lipinski definition) is 2. The van der Waals surface area contributed by atoms with Crippen molar-refractivity contribution in [3.63, 3.8) is 0 Å². The lowest BCUT2D eigenvalue weighted by Crippen LogP contribution is -2.52. The average molecular weight is 223 g/mol. The molecule has 0 aromatic carbocycles.